The largest absolute Gasteiger partial charge is 0.370 e. The van der Waals surface area contributed by atoms with Gasteiger partial charge in [0.05, 0.1) is 0 Å². The molecule has 18 heavy (non-hydrogen) atoms. The smallest absolute Gasteiger partial charge is 0.191 e. The summed E-state index contributed by atoms with van der Waals surface area (Å²) in [6, 6.07) is 3.84. The number of nitrogens with two attached hydrogens (primary N) is 1. The molecule has 0 aliphatic rings. The molecule has 3 nitrogen and oxygen atoms in total. The first-order chi connectivity index (χ1) is 8.60. The molecule has 5 heteroatoms. The zero-order valence-electron chi connectivity index (χ0n) is 10.8. The number of nitrogens with zero attached hydrogens (tertiary/aromatic N) is 2. The minimum absolute atomic E-state index is 0.0635. The van der Waals surface area contributed by atoms with Gasteiger partial charge in [0, 0.05) is 25.2 Å². The van der Waals surface area contributed by atoms with Gasteiger partial charge in [0.1, 0.15) is 11.6 Å². The summed E-state index contributed by atoms with van der Waals surface area (Å²) in [4.78, 5) is 6.02. The second-order valence-electron chi connectivity index (χ2n) is 3.86. The lowest BCUT2D eigenvalue weighted by Gasteiger charge is -2.19. The molecule has 0 aromatic heterocycles. The van der Waals surface area contributed by atoms with Crippen LogP contribution < -0.4 is 5.73 Å². The number of rotatable bonds is 5. The quantitative estimate of drug-likeness (QED) is 0.647. The van der Waals surface area contributed by atoms with Crippen molar-refractivity contribution in [1.29, 1.82) is 0 Å². The third-order valence-electron chi connectivity index (χ3n) is 2.78. The molecule has 0 fully saturated rings. The van der Waals surface area contributed by atoms with Crippen LogP contribution in [-0.2, 0) is 6.42 Å². The van der Waals surface area contributed by atoms with Gasteiger partial charge in [-0.2, -0.15) is 0 Å². The summed E-state index contributed by atoms with van der Waals surface area (Å²) in [6.07, 6.45) is 0.209. The molecule has 0 unspecified atom stereocenters. The number of halogens is 2. The Morgan fingerprint density at radius 2 is 1.78 bits per heavy atom. The molecule has 0 radical (unpaired) electrons. The molecular weight excluding hydrogens is 236 g/mol. The van der Waals surface area contributed by atoms with Gasteiger partial charge in [0.2, 0.25) is 0 Å². The first-order valence-corrected chi connectivity index (χ1v) is 6.07. The second kappa shape index (κ2) is 6.93. The lowest BCUT2D eigenvalue weighted by molar-refractivity contribution is 0.458. The Morgan fingerprint density at radius 3 is 2.28 bits per heavy atom. The molecule has 0 saturated heterocycles. The van der Waals surface area contributed by atoms with Crippen LogP contribution >= 0.6 is 0 Å². The van der Waals surface area contributed by atoms with Gasteiger partial charge in [-0.25, -0.2) is 8.78 Å². The van der Waals surface area contributed by atoms with Crippen LogP contribution in [0, 0.1) is 11.6 Å². The summed E-state index contributed by atoms with van der Waals surface area (Å²) in [5.74, 6) is -0.657. The Hall–Kier alpha value is -1.65. The molecule has 100 valence electrons. The van der Waals surface area contributed by atoms with Crippen LogP contribution in [0.3, 0.4) is 0 Å². The highest BCUT2D eigenvalue weighted by atomic mass is 19.1. The molecule has 1 aromatic carbocycles. The Kier molecular flexibility index (Phi) is 5.55. The van der Waals surface area contributed by atoms with Gasteiger partial charge in [-0.3, -0.25) is 4.99 Å². The van der Waals surface area contributed by atoms with E-state index in [1.165, 1.54) is 18.2 Å². The fourth-order valence-electron chi connectivity index (χ4n) is 1.70. The van der Waals surface area contributed by atoms with Gasteiger partial charge in [-0.05, 0) is 32.4 Å². The van der Waals surface area contributed by atoms with E-state index in [-0.39, 0.29) is 18.5 Å². The Balaban J connectivity index is 2.63. The number of aliphatic imine (C=N–C) groups is 1. The topological polar surface area (TPSA) is 41.6 Å². The zero-order valence-corrected chi connectivity index (χ0v) is 10.8. The number of benzene rings is 1. The van der Waals surface area contributed by atoms with Crippen LogP contribution in [-0.4, -0.2) is 30.5 Å². The minimum Gasteiger partial charge on any atom is -0.370 e. The van der Waals surface area contributed by atoms with Crippen LogP contribution in [0.4, 0.5) is 8.78 Å². The summed E-state index contributed by atoms with van der Waals surface area (Å²) < 4.78 is 26.7. The van der Waals surface area contributed by atoms with Crippen molar-refractivity contribution >= 4 is 5.96 Å². The van der Waals surface area contributed by atoms with Crippen LogP contribution in [0.1, 0.15) is 19.4 Å². The first kappa shape index (κ1) is 14.4. The van der Waals surface area contributed by atoms with E-state index < -0.39 is 11.6 Å². The molecule has 2 N–H and O–H groups in total. The standard InChI is InChI=1S/C13H19F2N3/c1-3-18(4-2)13(16)17-9-8-10-11(14)6-5-7-12(10)15/h5-7H,3-4,8-9H2,1-2H3,(H2,16,17). The predicted octanol–water partition coefficient (Wildman–Crippen LogP) is 2.16. The summed E-state index contributed by atoms with van der Waals surface area (Å²) in [7, 11) is 0. The van der Waals surface area contributed by atoms with Crippen molar-refractivity contribution in [2.45, 2.75) is 20.3 Å². The van der Waals surface area contributed by atoms with Gasteiger partial charge >= 0.3 is 0 Å². The lowest BCUT2D eigenvalue weighted by atomic mass is 10.1. The SMILES string of the molecule is CCN(CC)C(N)=NCCc1c(F)cccc1F. The zero-order chi connectivity index (χ0) is 13.5. The van der Waals surface area contributed by atoms with Crippen molar-refractivity contribution in [3.05, 3.63) is 35.4 Å². The van der Waals surface area contributed by atoms with E-state index in [4.69, 9.17) is 5.73 Å². The molecule has 0 atom stereocenters. The van der Waals surface area contributed by atoms with E-state index in [0.29, 0.717) is 5.96 Å². The molecule has 1 rings (SSSR count). The number of guanidine groups is 1. The van der Waals surface area contributed by atoms with Gasteiger partial charge in [-0.15, -0.1) is 0 Å². The van der Waals surface area contributed by atoms with E-state index in [0.717, 1.165) is 13.1 Å². The molecule has 0 amide bonds. The van der Waals surface area contributed by atoms with E-state index >= 15 is 0 Å². The fourth-order valence-corrected chi connectivity index (χ4v) is 1.70. The monoisotopic (exact) mass is 255 g/mol. The van der Waals surface area contributed by atoms with Crippen LogP contribution in [0.15, 0.2) is 23.2 Å². The predicted molar refractivity (Wildman–Crippen MR) is 69.5 cm³/mol. The molecule has 0 bridgehead atoms. The first-order valence-electron chi connectivity index (χ1n) is 6.07. The normalized spacial score (nSPS) is 11.7. The summed E-state index contributed by atoms with van der Waals surface area (Å²) in [6.45, 7) is 5.75. The van der Waals surface area contributed by atoms with Crippen molar-refractivity contribution in [2.24, 2.45) is 10.7 Å². The van der Waals surface area contributed by atoms with Gasteiger partial charge < -0.3 is 10.6 Å². The van der Waals surface area contributed by atoms with Crippen molar-refractivity contribution in [3.63, 3.8) is 0 Å². The molecular formula is C13H19F2N3. The van der Waals surface area contributed by atoms with Crippen LogP contribution in [0.25, 0.3) is 0 Å². The molecule has 0 spiro atoms. The minimum atomic E-state index is -0.536. The van der Waals surface area contributed by atoms with Gasteiger partial charge in [-0.1, -0.05) is 6.07 Å². The van der Waals surface area contributed by atoms with Gasteiger partial charge in [0.15, 0.2) is 5.96 Å². The highest BCUT2D eigenvalue weighted by molar-refractivity contribution is 5.77. The van der Waals surface area contributed by atoms with Crippen LogP contribution in [0.2, 0.25) is 0 Å². The van der Waals surface area contributed by atoms with E-state index in [1.807, 2.05) is 18.7 Å². The van der Waals surface area contributed by atoms with E-state index in [9.17, 15) is 8.78 Å². The third-order valence-corrected chi connectivity index (χ3v) is 2.78. The number of hydrogen-bond acceptors (Lipinski definition) is 1. The Bertz CT molecular complexity index is 394. The highest BCUT2D eigenvalue weighted by Crippen LogP contribution is 2.12. The Morgan fingerprint density at radius 1 is 1.22 bits per heavy atom. The maximum Gasteiger partial charge on any atom is 0.191 e. The van der Waals surface area contributed by atoms with Crippen molar-refractivity contribution in [2.75, 3.05) is 19.6 Å². The second-order valence-corrected chi connectivity index (χ2v) is 3.86. The molecule has 0 saturated carbocycles. The summed E-state index contributed by atoms with van der Waals surface area (Å²) >= 11 is 0. The lowest BCUT2D eigenvalue weighted by Crippen LogP contribution is -2.37. The maximum absolute atomic E-state index is 13.3. The number of hydrogen-bond donors (Lipinski definition) is 1. The molecule has 1 aromatic rings. The van der Waals surface area contributed by atoms with Crippen LogP contribution in [0.5, 0.6) is 0 Å². The average Bonchev–Trinajstić information content (AvgIpc) is 2.34. The van der Waals surface area contributed by atoms with Crippen molar-refractivity contribution in [3.8, 4) is 0 Å². The van der Waals surface area contributed by atoms with E-state index in [1.54, 1.807) is 0 Å². The molecule has 0 aliphatic carbocycles. The van der Waals surface area contributed by atoms with Gasteiger partial charge in [0.25, 0.3) is 0 Å². The highest BCUT2D eigenvalue weighted by Gasteiger charge is 2.08. The Labute approximate surface area is 106 Å². The third kappa shape index (κ3) is 3.68. The molecule has 0 aliphatic heterocycles. The fraction of sp³-hybridized carbons (Fsp3) is 0.462. The molecule has 0 heterocycles. The summed E-state index contributed by atoms with van der Waals surface area (Å²) in [5.41, 5.74) is 5.83. The van der Waals surface area contributed by atoms with Crippen molar-refractivity contribution in [1.82, 2.24) is 4.90 Å². The maximum atomic E-state index is 13.3. The van der Waals surface area contributed by atoms with E-state index in [2.05, 4.69) is 4.99 Å². The summed E-state index contributed by atoms with van der Waals surface area (Å²) in [5, 5.41) is 0. The van der Waals surface area contributed by atoms with Crippen molar-refractivity contribution < 1.29 is 8.78 Å². The average molecular weight is 255 g/mol.